The van der Waals surface area contributed by atoms with Crippen LogP contribution < -0.4 is 4.31 Å². The highest BCUT2D eigenvalue weighted by atomic mass is 32.2. The van der Waals surface area contributed by atoms with Gasteiger partial charge in [0.25, 0.3) is 0 Å². The summed E-state index contributed by atoms with van der Waals surface area (Å²) in [4.78, 5) is 10.5. The summed E-state index contributed by atoms with van der Waals surface area (Å²) < 4.78 is 26.1. The van der Waals surface area contributed by atoms with E-state index in [4.69, 9.17) is 5.11 Å². The molecule has 0 bridgehead atoms. The Morgan fingerprint density at radius 3 is 2.88 bits per heavy atom. The second kappa shape index (κ2) is 4.36. The number of anilines is 1. The first-order chi connectivity index (χ1) is 7.99. The van der Waals surface area contributed by atoms with Gasteiger partial charge in [-0.25, -0.2) is 8.42 Å². The Morgan fingerprint density at radius 1 is 1.47 bits per heavy atom. The molecular formula is C9H13N3O4S. The van der Waals surface area contributed by atoms with Crippen LogP contribution >= 0.6 is 0 Å². The fourth-order valence-corrected chi connectivity index (χ4v) is 3.40. The molecule has 0 saturated carbocycles. The van der Waals surface area contributed by atoms with Crippen molar-refractivity contribution in [3.05, 3.63) is 12.4 Å². The Kier molecular flexibility index (Phi) is 3.05. The third-order valence-corrected chi connectivity index (χ3v) is 4.42. The number of nitrogens with zero attached hydrogens (tertiary/aromatic N) is 3. The lowest BCUT2D eigenvalue weighted by Gasteiger charge is -2.26. The average molecular weight is 259 g/mol. The van der Waals surface area contributed by atoms with Crippen molar-refractivity contribution in [3.63, 3.8) is 0 Å². The Bertz CT molecular complexity index is 522. The normalized spacial score (nSPS) is 19.2. The van der Waals surface area contributed by atoms with Gasteiger partial charge in [-0.15, -0.1) is 0 Å². The molecule has 0 spiro atoms. The smallest absolute Gasteiger partial charge is 0.325 e. The van der Waals surface area contributed by atoms with Crippen LogP contribution in [-0.2, 0) is 21.4 Å². The monoisotopic (exact) mass is 259 g/mol. The van der Waals surface area contributed by atoms with Crippen LogP contribution in [0.1, 0.15) is 12.8 Å². The SMILES string of the molecule is O=C(O)Cn1cc(N2CCCCS2(=O)=O)cn1. The van der Waals surface area contributed by atoms with Crippen molar-refractivity contribution in [3.8, 4) is 0 Å². The van der Waals surface area contributed by atoms with Gasteiger partial charge in [0.2, 0.25) is 10.0 Å². The van der Waals surface area contributed by atoms with Gasteiger partial charge in [-0.1, -0.05) is 0 Å². The van der Waals surface area contributed by atoms with Crippen LogP contribution in [0.2, 0.25) is 0 Å². The van der Waals surface area contributed by atoms with Crippen molar-refractivity contribution in [2.24, 2.45) is 0 Å². The second-order valence-electron chi connectivity index (χ2n) is 3.89. The first-order valence-corrected chi connectivity index (χ1v) is 6.84. The molecule has 1 fully saturated rings. The highest BCUT2D eigenvalue weighted by Crippen LogP contribution is 2.22. The molecule has 1 aliphatic rings. The molecule has 0 amide bonds. The minimum Gasteiger partial charge on any atom is -0.480 e. The standard InChI is InChI=1S/C9H13N3O4S/c13-9(14)7-11-6-8(5-10-11)12-3-1-2-4-17(12,15)16/h5-6H,1-4,7H2,(H,13,14). The minimum atomic E-state index is -3.26. The maximum atomic E-state index is 11.8. The Balaban J connectivity index is 2.22. The molecule has 0 atom stereocenters. The van der Waals surface area contributed by atoms with Crippen molar-refractivity contribution in [1.29, 1.82) is 0 Å². The number of hydrogen-bond donors (Lipinski definition) is 1. The van der Waals surface area contributed by atoms with Gasteiger partial charge < -0.3 is 5.11 Å². The molecule has 2 rings (SSSR count). The molecule has 1 aliphatic heterocycles. The van der Waals surface area contributed by atoms with E-state index in [-0.39, 0.29) is 12.3 Å². The Morgan fingerprint density at radius 2 is 2.24 bits per heavy atom. The van der Waals surface area contributed by atoms with Crippen LogP contribution in [0, 0.1) is 0 Å². The summed E-state index contributed by atoms with van der Waals surface area (Å²) in [7, 11) is -3.26. The molecule has 7 nitrogen and oxygen atoms in total. The van der Waals surface area contributed by atoms with Gasteiger partial charge in [0.05, 0.1) is 17.6 Å². The Hall–Kier alpha value is -1.57. The molecule has 94 valence electrons. The third-order valence-electron chi connectivity index (χ3n) is 2.55. The third kappa shape index (κ3) is 2.57. The van der Waals surface area contributed by atoms with E-state index >= 15 is 0 Å². The van der Waals surface area contributed by atoms with E-state index < -0.39 is 16.0 Å². The van der Waals surface area contributed by atoms with Gasteiger partial charge >= 0.3 is 5.97 Å². The molecule has 1 saturated heterocycles. The minimum absolute atomic E-state index is 0.136. The lowest BCUT2D eigenvalue weighted by molar-refractivity contribution is -0.137. The van der Waals surface area contributed by atoms with Crippen molar-refractivity contribution in [2.45, 2.75) is 19.4 Å². The topological polar surface area (TPSA) is 92.5 Å². The number of aromatic nitrogens is 2. The highest BCUT2D eigenvalue weighted by molar-refractivity contribution is 7.92. The summed E-state index contributed by atoms with van der Waals surface area (Å²) in [6, 6.07) is 0. The van der Waals surface area contributed by atoms with E-state index in [1.54, 1.807) is 0 Å². The number of rotatable bonds is 3. The van der Waals surface area contributed by atoms with Crippen molar-refractivity contribution in [2.75, 3.05) is 16.6 Å². The van der Waals surface area contributed by atoms with Crippen molar-refractivity contribution >= 4 is 21.7 Å². The maximum absolute atomic E-state index is 11.8. The van der Waals surface area contributed by atoms with E-state index in [9.17, 15) is 13.2 Å². The second-order valence-corrected chi connectivity index (χ2v) is 5.90. The maximum Gasteiger partial charge on any atom is 0.325 e. The van der Waals surface area contributed by atoms with E-state index in [1.807, 2.05) is 0 Å². The fourth-order valence-electron chi connectivity index (χ4n) is 1.79. The molecule has 17 heavy (non-hydrogen) atoms. The summed E-state index contributed by atoms with van der Waals surface area (Å²) in [5.74, 6) is -0.877. The summed E-state index contributed by atoms with van der Waals surface area (Å²) in [6.07, 6.45) is 4.30. The predicted octanol–water partition coefficient (Wildman–Crippen LogP) is -0.102. The number of sulfonamides is 1. The molecule has 0 radical (unpaired) electrons. The van der Waals surface area contributed by atoms with Gasteiger partial charge in [-0.2, -0.15) is 5.10 Å². The summed E-state index contributed by atoms with van der Waals surface area (Å²) in [6.45, 7) is 0.162. The molecule has 2 heterocycles. The van der Waals surface area contributed by atoms with E-state index in [1.165, 1.54) is 21.4 Å². The number of carboxylic acid groups (broad SMARTS) is 1. The number of hydrogen-bond acceptors (Lipinski definition) is 4. The summed E-state index contributed by atoms with van der Waals surface area (Å²) in [5, 5.41) is 12.4. The first kappa shape index (κ1) is 11.9. The fraction of sp³-hybridized carbons (Fsp3) is 0.556. The van der Waals surface area contributed by atoms with Crippen LogP contribution in [-0.4, -0.2) is 41.6 Å². The van der Waals surface area contributed by atoms with Gasteiger partial charge in [0.1, 0.15) is 6.54 Å². The van der Waals surface area contributed by atoms with Crippen molar-refractivity contribution in [1.82, 2.24) is 9.78 Å². The number of carbonyl (C=O) groups is 1. The lowest BCUT2D eigenvalue weighted by Crippen LogP contribution is -2.37. The van der Waals surface area contributed by atoms with Crippen LogP contribution in [0.3, 0.4) is 0 Å². The lowest BCUT2D eigenvalue weighted by atomic mass is 10.3. The quantitative estimate of drug-likeness (QED) is 0.818. The van der Waals surface area contributed by atoms with Gasteiger partial charge in [-0.3, -0.25) is 13.8 Å². The van der Waals surface area contributed by atoms with Crippen LogP contribution in [0.5, 0.6) is 0 Å². The first-order valence-electron chi connectivity index (χ1n) is 5.24. The predicted molar refractivity (Wildman–Crippen MR) is 60.2 cm³/mol. The molecule has 0 aromatic carbocycles. The molecule has 8 heteroatoms. The average Bonchev–Trinajstić information content (AvgIpc) is 2.64. The van der Waals surface area contributed by atoms with Gasteiger partial charge in [-0.05, 0) is 12.8 Å². The molecule has 0 aliphatic carbocycles. The zero-order chi connectivity index (χ0) is 12.5. The van der Waals surface area contributed by atoms with Gasteiger partial charge in [0.15, 0.2) is 0 Å². The van der Waals surface area contributed by atoms with E-state index in [2.05, 4.69) is 5.10 Å². The number of carboxylic acids is 1. The number of aliphatic carboxylic acids is 1. The van der Waals surface area contributed by atoms with E-state index in [0.717, 1.165) is 6.42 Å². The molecule has 1 aromatic rings. The summed E-state index contributed by atoms with van der Waals surface area (Å²) in [5.41, 5.74) is 0.436. The van der Waals surface area contributed by atoms with Crippen molar-refractivity contribution < 1.29 is 18.3 Å². The molecule has 0 unspecified atom stereocenters. The molecule has 1 aromatic heterocycles. The van der Waals surface area contributed by atoms with Gasteiger partial charge in [0, 0.05) is 12.7 Å². The largest absolute Gasteiger partial charge is 0.480 e. The van der Waals surface area contributed by atoms with Crippen LogP contribution in [0.4, 0.5) is 5.69 Å². The zero-order valence-electron chi connectivity index (χ0n) is 9.11. The molecule has 1 N–H and O–H groups in total. The van der Waals surface area contributed by atoms with E-state index in [0.29, 0.717) is 18.7 Å². The van der Waals surface area contributed by atoms with Crippen LogP contribution in [0.15, 0.2) is 12.4 Å². The zero-order valence-corrected chi connectivity index (χ0v) is 9.93. The Labute approximate surface area is 98.7 Å². The van der Waals surface area contributed by atoms with Crippen LogP contribution in [0.25, 0.3) is 0 Å². The summed E-state index contributed by atoms with van der Waals surface area (Å²) >= 11 is 0. The highest BCUT2D eigenvalue weighted by Gasteiger charge is 2.26. The molecular weight excluding hydrogens is 246 g/mol.